The predicted octanol–water partition coefficient (Wildman–Crippen LogP) is 1.91. The van der Waals surface area contributed by atoms with Gasteiger partial charge in [0.15, 0.2) is 5.96 Å². The summed E-state index contributed by atoms with van der Waals surface area (Å²) in [6.07, 6.45) is 5.78. The molecule has 0 spiro atoms. The first-order chi connectivity index (χ1) is 13.6. The number of guanidine groups is 1. The molecule has 2 saturated heterocycles. The largest absolute Gasteiger partial charge is 0.376 e. The van der Waals surface area contributed by atoms with Gasteiger partial charge in [-0.3, -0.25) is 4.79 Å². The summed E-state index contributed by atoms with van der Waals surface area (Å²) in [5.74, 6) is 0.724. The number of carbonyl (C=O) groups excluding carboxylic acids is 1. The molecular weight excluding hydrogens is 374 g/mol. The van der Waals surface area contributed by atoms with E-state index in [2.05, 4.69) is 38.0 Å². The van der Waals surface area contributed by atoms with E-state index in [9.17, 15) is 4.79 Å². The number of rotatable bonds is 6. The fourth-order valence-electron chi connectivity index (χ4n) is 3.51. The molecule has 3 heterocycles. The molecule has 2 aliphatic heterocycles. The Morgan fingerprint density at radius 1 is 1.32 bits per heavy atom. The molecule has 28 heavy (non-hydrogen) atoms. The van der Waals surface area contributed by atoms with Crippen molar-refractivity contribution >= 4 is 28.2 Å². The molecule has 2 fully saturated rings. The van der Waals surface area contributed by atoms with Gasteiger partial charge in [0.2, 0.25) is 5.91 Å². The van der Waals surface area contributed by atoms with E-state index in [-0.39, 0.29) is 18.6 Å². The molecule has 1 aromatic heterocycles. The van der Waals surface area contributed by atoms with Gasteiger partial charge in [-0.05, 0) is 49.6 Å². The summed E-state index contributed by atoms with van der Waals surface area (Å²) in [7, 11) is 3.52. The maximum absolute atomic E-state index is 12.0. The zero-order valence-corrected chi connectivity index (χ0v) is 17.8. The van der Waals surface area contributed by atoms with Crippen LogP contribution in [-0.4, -0.2) is 75.8 Å². The average molecular weight is 408 g/mol. The summed E-state index contributed by atoms with van der Waals surface area (Å²) in [5, 5.41) is 10.4. The van der Waals surface area contributed by atoms with Crippen LogP contribution in [0.15, 0.2) is 22.5 Å². The van der Waals surface area contributed by atoms with E-state index in [0.29, 0.717) is 6.04 Å². The Morgan fingerprint density at radius 3 is 2.79 bits per heavy atom. The molecule has 0 saturated carbocycles. The molecule has 3 rings (SSSR count). The number of nitrogens with zero attached hydrogens (tertiary/aromatic N) is 3. The number of anilines is 1. The molecule has 156 valence electrons. The van der Waals surface area contributed by atoms with Crippen molar-refractivity contribution in [3.05, 3.63) is 17.5 Å². The van der Waals surface area contributed by atoms with Gasteiger partial charge < -0.3 is 25.2 Å². The van der Waals surface area contributed by atoms with Crippen LogP contribution in [0.2, 0.25) is 0 Å². The van der Waals surface area contributed by atoms with Crippen LogP contribution in [0, 0.1) is 0 Å². The van der Waals surface area contributed by atoms with E-state index in [4.69, 9.17) is 4.74 Å². The lowest BCUT2D eigenvalue weighted by Gasteiger charge is -2.34. The molecule has 1 amide bonds. The molecule has 0 aliphatic carbocycles. The lowest BCUT2D eigenvalue weighted by molar-refractivity contribution is -0.127. The summed E-state index contributed by atoms with van der Waals surface area (Å²) < 4.78 is 5.81. The van der Waals surface area contributed by atoms with Gasteiger partial charge in [-0.2, -0.15) is 0 Å². The number of carbonyl (C=O) groups is 1. The molecule has 1 aromatic rings. The van der Waals surface area contributed by atoms with Crippen molar-refractivity contribution in [1.29, 1.82) is 0 Å². The summed E-state index contributed by atoms with van der Waals surface area (Å²) in [5.41, 5.74) is 0. The van der Waals surface area contributed by atoms with Crippen LogP contribution in [-0.2, 0) is 9.53 Å². The van der Waals surface area contributed by atoms with Crippen LogP contribution in [0.25, 0.3) is 0 Å². The lowest BCUT2D eigenvalue weighted by atomic mass is 10.1. The minimum absolute atomic E-state index is 0.00234. The van der Waals surface area contributed by atoms with Gasteiger partial charge in [-0.25, -0.2) is 4.99 Å². The third-order valence-electron chi connectivity index (χ3n) is 5.30. The first-order valence-corrected chi connectivity index (χ1v) is 11.1. The highest BCUT2D eigenvalue weighted by atomic mass is 32.1. The molecule has 0 aromatic carbocycles. The molecule has 8 heteroatoms. The van der Waals surface area contributed by atoms with Crippen molar-refractivity contribution in [2.75, 3.05) is 51.8 Å². The van der Waals surface area contributed by atoms with E-state index >= 15 is 0 Å². The van der Waals surface area contributed by atoms with Gasteiger partial charge in [0, 0.05) is 46.4 Å². The Balaban J connectivity index is 1.52. The summed E-state index contributed by atoms with van der Waals surface area (Å²) >= 11 is 1.80. The number of piperidine rings is 1. The summed E-state index contributed by atoms with van der Waals surface area (Å²) in [6.45, 7) is 3.80. The quantitative estimate of drug-likeness (QED) is 0.557. The highest BCUT2D eigenvalue weighted by molar-refractivity contribution is 7.14. The first-order valence-electron chi connectivity index (χ1n) is 10.3. The van der Waals surface area contributed by atoms with Gasteiger partial charge in [-0.15, -0.1) is 11.3 Å². The minimum atomic E-state index is 0.00234. The van der Waals surface area contributed by atoms with Gasteiger partial charge >= 0.3 is 0 Å². The van der Waals surface area contributed by atoms with Crippen LogP contribution < -0.4 is 15.5 Å². The number of nitrogens with one attached hydrogen (secondary N) is 2. The number of amides is 1. The van der Waals surface area contributed by atoms with E-state index in [0.717, 1.165) is 57.9 Å². The van der Waals surface area contributed by atoms with Crippen molar-refractivity contribution in [3.8, 4) is 0 Å². The third-order valence-corrected chi connectivity index (χ3v) is 6.23. The highest BCUT2D eigenvalue weighted by Gasteiger charge is 2.21. The van der Waals surface area contributed by atoms with E-state index < -0.39 is 0 Å². The second-order valence-electron chi connectivity index (χ2n) is 7.68. The van der Waals surface area contributed by atoms with Crippen molar-refractivity contribution in [2.45, 2.75) is 44.2 Å². The van der Waals surface area contributed by atoms with Crippen molar-refractivity contribution in [2.24, 2.45) is 4.99 Å². The van der Waals surface area contributed by atoms with Gasteiger partial charge in [0.1, 0.15) is 6.54 Å². The maximum Gasteiger partial charge on any atom is 0.243 e. The molecular formula is C20H33N5O2S. The Labute approximate surface area is 172 Å². The molecule has 0 bridgehead atoms. The molecule has 1 atom stereocenters. The normalized spacial score (nSPS) is 21.4. The SMILES string of the molecule is CN(C)C(=O)CN=C(NCC1CCCCO1)NC1CCN(c2cccs2)CC1. The van der Waals surface area contributed by atoms with E-state index in [1.807, 2.05) is 0 Å². The third kappa shape index (κ3) is 6.38. The van der Waals surface area contributed by atoms with Crippen molar-refractivity contribution in [3.63, 3.8) is 0 Å². The zero-order valence-electron chi connectivity index (χ0n) is 17.0. The zero-order chi connectivity index (χ0) is 19.8. The van der Waals surface area contributed by atoms with Crippen LogP contribution in [0.1, 0.15) is 32.1 Å². The van der Waals surface area contributed by atoms with Crippen LogP contribution in [0.5, 0.6) is 0 Å². The average Bonchev–Trinajstić information content (AvgIpc) is 3.26. The number of likely N-dealkylation sites (N-methyl/N-ethyl adjacent to an activating group) is 1. The number of hydrogen-bond acceptors (Lipinski definition) is 5. The Morgan fingerprint density at radius 2 is 2.14 bits per heavy atom. The van der Waals surface area contributed by atoms with Crippen LogP contribution >= 0.6 is 11.3 Å². The number of ether oxygens (including phenoxy) is 1. The second kappa shape index (κ2) is 10.7. The number of aliphatic imine (C=N–C) groups is 1. The van der Waals surface area contributed by atoms with Crippen molar-refractivity contribution < 1.29 is 9.53 Å². The van der Waals surface area contributed by atoms with Crippen LogP contribution in [0.3, 0.4) is 0 Å². The monoisotopic (exact) mass is 407 g/mol. The standard InChI is InChI=1S/C20H33N5O2S/c1-24(2)18(26)15-22-20(21-14-17-6-3-4-12-27-17)23-16-8-10-25(11-9-16)19-7-5-13-28-19/h5,7,13,16-17H,3-4,6,8-12,14-15H2,1-2H3,(H2,21,22,23). The fourth-order valence-corrected chi connectivity index (χ4v) is 4.29. The highest BCUT2D eigenvalue weighted by Crippen LogP contribution is 2.24. The van der Waals surface area contributed by atoms with Gasteiger partial charge in [0.25, 0.3) is 0 Å². The second-order valence-corrected chi connectivity index (χ2v) is 8.61. The molecule has 2 N–H and O–H groups in total. The number of thiophene rings is 1. The van der Waals surface area contributed by atoms with Gasteiger partial charge in [-0.1, -0.05) is 0 Å². The van der Waals surface area contributed by atoms with Crippen LogP contribution in [0.4, 0.5) is 5.00 Å². The predicted molar refractivity (Wildman–Crippen MR) is 115 cm³/mol. The Kier molecular flexibility index (Phi) is 7.97. The number of hydrogen-bond donors (Lipinski definition) is 2. The van der Waals surface area contributed by atoms with Gasteiger partial charge in [0.05, 0.1) is 11.1 Å². The Bertz CT molecular complexity index is 621. The van der Waals surface area contributed by atoms with Crippen molar-refractivity contribution in [1.82, 2.24) is 15.5 Å². The topological polar surface area (TPSA) is 69.2 Å². The lowest BCUT2D eigenvalue weighted by Crippen LogP contribution is -2.50. The Hall–Kier alpha value is -1.80. The molecule has 1 unspecified atom stereocenters. The molecule has 2 aliphatic rings. The minimum Gasteiger partial charge on any atom is -0.376 e. The van der Waals surface area contributed by atoms with E-state index in [1.165, 1.54) is 11.4 Å². The van der Waals surface area contributed by atoms with E-state index in [1.54, 1.807) is 30.3 Å². The smallest absolute Gasteiger partial charge is 0.243 e. The maximum atomic E-state index is 12.0. The first kappa shape index (κ1) is 20.9. The molecule has 7 nitrogen and oxygen atoms in total. The summed E-state index contributed by atoms with van der Waals surface area (Å²) in [6, 6.07) is 4.65. The molecule has 0 radical (unpaired) electrons. The summed E-state index contributed by atoms with van der Waals surface area (Å²) in [4.78, 5) is 20.5. The fraction of sp³-hybridized carbons (Fsp3) is 0.700.